The number of carboxylic acids is 1. The van der Waals surface area contributed by atoms with Gasteiger partial charge in [0.15, 0.2) is 0 Å². The van der Waals surface area contributed by atoms with Crippen molar-refractivity contribution in [3.8, 4) is 0 Å². The molecule has 0 fully saturated rings. The van der Waals surface area contributed by atoms with Gasteiger partial charge >= 0.3 is 5.97 Å². The van der Waals surface area contributed by atoms with E-state index in [-0.39, 0.29) is 0 Å². The lowest BCUT2D eigenvalue weighted by molar-refractivity contribution is -0.131. The largest absolute Gasteiger partial charge is 0.478 e. The lowest BCUT2D eigenvalue weighted by atomic mass is 9.88. The van der Waals surface area contributed by atoms with Gasteiger partial charge in [-0.15, -0.1) is 0 Å². The molecule has 3 atom stereocenters. The van der Waals surface area contributed by atoms with Crippen LogP contribution in [0.2, 0.25) is 0 Å². The number of aliphatic carboxylic acids is 1. The van der Waals surface area contributed by atoms with Crippen molar-refractivity contribution < 1.29 is 14.7 Å². The van der Waals surface area contributed by atoms with Crippen molar-refractivity contribution in [2.45, 2.75) is 46.5 Å². The zero-order valence-corrected chi connectivity index (χ0v) is 11.1. The molecule has 0 aliphatic rings. The van der Waals surface area contributed by atoms with Crippen LogP contribution in [0.1, 0.15) is 46.5 Å². The fourth-order valence-corrected chi connectivity index (χ4v) is 2.21. The van der Waals surface area contributed by atoms with Crippen LogP contribution in [0, 0.1) is 17.8 Å². The van der Waals surface area contributed by atoms with Gasteiger partial charge in [-0.05, 0) is 37.0 Å². The SMILES string of the molecule is CC(C=CC(=O)O)CC(C)CC(C)CCC=O. The minimum atomic E-state index is -0.885. The van der Waals surface area contributed by atoms with Crippen molar-refractivity contribution in [3.05, 3.63) is 12.2 Å². The summed E-state index contributed by atoms with van der Waals surface area (Å²) in [7, 11) is 0. The predicted molar refractivity (Wildman–Crippen MR) is 68.8 cm³/mol. The molecule has 0 bridgehead atoms. The Morgan fingerprint density at radius 1 is 1.18 bits per heavy atom. The Kier molecular flexibility index (Phi) is 8.38. The van der Waals surface area contributed by atoms with E-state index in [4.69, 9.17) is 5.11 Å². The van der Waals surface area contributed by atoms with E-state index in [9.17, 15) is 9.59 Å². The zero-order chi connectivity index (χ0) is 13.3. The summed E-state index contributed by atoms with van der Waals surface area (Å²) < 4.78 is 0. The van der Waals surface area contributed by atoms with Crippen LogP contribution in [-0.4, -0.2) is 17.4 Å². The van der Waals surface area contributed by atoms with Gasteiger partial charge in [-0.2, -0.15) is 0 Å². The normalized spacial score (nSPS) is 16.6. The van der Waals surface area contributed by atoms with Gasteiger partial charge in [-0.1, -0.05) is 26.8 Å². The third-order valence-electron chi connectivity index (χ3n) is 2.92. The Labute approximate surface area is 104 Å². The summed E-state index contributed by atoms with van der Waals surface area (Å²) >= 11 is 0. The minimum absolute atomic E-state index is 0.291. The highest BCUT2D eigenvalue weighted by Gasteiger charge is 2.11. The van der Waals surface area contributed by atoms with Gasteiger partial charge in [-0.25, -0.2) is 4.79 Å². The Morgan fingerprint density at radius 2 is 1.82 bits per heavy atom. The van der Waals surface area contributed by atoms with E-state index in [0.717, 1.165) is 25.5 Å². The maximum absolute atomic E-state index is 10.4. The van der Waals surface area contributed by atoms with Crippen LogP contribution in [0.15, 0.2) is 12.2 Å². The number of carbonyl (C=O) groups excluding carboxylic acids is 1. The molecule has 0 spiro atoms. The van der Waals surface area contributed by atoms with Gasteiger partial charge in [0, 0.05) is 12.5 Å². The molecule has 0 saturated heterocycles. The number of carbonyl (C=O) groups is 2. The molecular weight excluding hydrogens is 216 g/mol. The predicted octanol–water partition coefficient (Wildman–Crippen LogP) is 3.29. The molecule has 0 radical (unpaired) electrons. The van der Waals surface area contributed by atoms with Crippen LogP contribution in [0.5, 0.6) is 0 Å². The molecule has 0 heterocycles. The average Bonchev–Trinajstić information content (AvgIpc) is 2.23. The van der Waals surface area contributed by atoms with Crippen LogP contribution >= 0.6 is 0 Å². The first-order valence-corrected chi connectivity index (χ1v) is 6.30. The van der Waals surface area contributed by atoms with Crippen LogP contribution in [0.25, 0.3) is 0 Å². The highest BCUT2D eigenvalue weighted by molar-refractivity contribution is 5.79. The van der Waals surface area contributed by atoms with Crippen molar-refractivity contribution in [1.29, 1.82) is 0 Å². The second-order valence-electron chi connectivity index (χ2n) is 5.10. The third kappa shape index (κ3) is 9.79. The topological polar surface area (TPSA) is 54.4 Å². The molecule has 0 rings (SSSR count). The lowest BCUT2D eigenvalue weighted by Crippen LogP contribution is -2.07. The smallest absolute Gasteiger partial charge is 0.327 e. The summed E-state index contributed by atoms with van der Waals surface area (Å²) in [6.45, 7) is 6.38. The Morgan fingerprint density at radius 3 is 2.35 bits per heavy atom. The Hall–Kier alpha value is -1.12. The molecule has 0 aromatic rings. The Balaban J connectivity index is 3.87. The van der Waals surface area contributed by atoms with Gasteiger partial charge in [0.05, 0.1) is 0 Å². The second kappa shape index (κ2) is 8.97. The fraction of sp³-hybridized carbons (Fsp3) is 0.714. The number of hydrogen-bond acceptors (Lipinski definition) is 2. The summed E-state index contributed by atoms with van der Waals surface area (Å²) in [4.78, 5) is 20.6. The average molecular weight is 240 g/mol. The van der Waals surface area contributed by atoms with Crippen LogP contribution in [-0.2, 0) is 9.59 Å². The van der Waals surface area contributed by atoms with Crippen molar-refractivity contribution >= 4 is 12.3 Å². The van der Waals surface area contributed by atoms with Crippen molar-refractivity contribution in [3.63, 3.8) is 0 Å². The molecule has 0 aromatic carbocycles. The molecule has 3 unspecified atom stereocenters. The van der Waals surface area contributed by atoms with Crippen LogP contribution < -0.4 is 0 Å². The molecule has 17 heavy (non-hydrogen) atoms. The molecule has 3 nitrogen and oxygen atoms in total. The Bertz CT molecular complexity index is 258. The molecule has 0 amide bonds. The molecule has 0 aliphatic heterocycles. The van der Waals surface area contributed by atoms with E-state index in [1.807, 2.05) is 6.92 Å². The van der Waals surface area contributed by atoms with E-state index < -0.39 is 5.97 Å². The number of rotatable bonds is 9. The third-order valence-corrected chi connectivity index (χ3v) is 2.92. The monoisotopic (exact) mass is 240 g/mol. The summed E-state index contributed by atoms with van der Waals surface area (Å²) in [5, 5.41) is 8.52. The molecular formula is C14H24O3. The number of allylic oxidation sites excluding steroid dienone is 1. The van der Waals surface area contributed by atoms with Gasteiger partial charge in [0.25, 0.3) is 0 Å². The van der Waals surface area contributed by atoms with Gasteiger partial charge in [0.2, 0.25) is 0 Å². The zero-order valence-electron chi connectivity index (χ0n) is 11.1. The highest BCUT2D eigenvalue weighted by atomic mass is 16.4. The number of aldehydes is 1. The minimum Gasteiger partial charge on any atom is -0.478 e. The molecule has 0 aliphatic carbocycles. The first kappa shape index (κ1) is 15.9. The maximum Gasteiger partial charge on any atom is 0.327 e. The first-order valence-electron chi connectivity index (χ1n) is 6.30. The van der Waals surface area contributed by atoms with Gasteiger partial charge in [0.1, 0.15) is 6.29 Å². The van der Waals surface area contributed by atoms with Crippen molar-refractivity contribution in [2.75, 3.05) is 0 Å². The quantitative estimate of drug-likeness (QED) is 0.497. The summed E-state index contributed by atoms with van der Waals surface area (Å²) in [5.74, 6) is 0.527. The lowest BCUT2D eigenvalue weighted by Gasteiger charge is -2.18. The van der Waals surface area contributed by atoms with E-state index in [2.05, 4.69) is 13.8 Å². The maximum atomic E-state index is 10.4. The summed E-state index contributed by atoms with van der Waals surface area (Å²) in [6.07, 6.45) is 7.62. The van der Waals surface area contributed by atoms with E-state index in [1.165, 1.54) is 6.08 Å². The van der Waals surface area contributed by atoms with Crippen molar-refractivity contribution in [1.82, 2.24) is 0 Å². The van der Waals surface area contributed by atoms with Crippen LogP contribution in [0.4, 0.5) is 0 Å². The van der Waals surface area contributed by atoms with E-state index in [0.29, 0.717) is 24.2 Å². The standard InChI is InChI=1S/C14H24O3/c1-11(5-4-8-15)9-13(3)10-12(2)6-7-14(16)17/h6-8,11-13H,4-5,9-10H2,1-3H3,(H,16,17). The molecule has 1 N–H and O–H groups in total. The first-order chi connectivity index (χ1) is 7.95. The molecule has 0 aromatic heterocycles. The van der Waals surface area contributed by atoms with Crippen LogP contribution in [0.3, 0.4) is 0 Å². The summed E-state index contributed by atoms with van der Waals surface area (Å²) in [6, 6.07) is 0. The van der Waals surface area contributed by atoms with Gasteiger partial charge < -0.3 is 9.90 Å². The van der Waals surface area contributed by atoms with Gasteiger partial charge in [-0.3, -0.25) is 0 Å². The number of carboxylic acid groups (broad SMARTS) is 1. The highest BCUT2D eigenvalue weighted by Crippen LogP contribution is 2.22. The van der Waals surface area contributed by atoms with E-state index in [1.54, 1.807) is 6.08 Å². The van der Waals surface area contributed by atoms with E-state index >= 15 is 0 Å². The fourth-order valence-electron chi connectivity index (χ4n) is 2.21. The number of hydrogen-bond donors (Lipinski definition) is 1. The van der Waals surface area contributed by atoms with Crippen molar-refractivity contribution in [2.24, 2.45) is 17.8 Å². The molecule has 3 heteroatoms. The summed E-state index contributed by atoms with van der Waals surface area (Å²) in [5.41, 5.74) is 0. The molecule has 98 valence electrons. The molecule has 0 saturated carbocycles. The second-order valence-corrected chi connectivity index (χ2v) is 5.10.